The Bertz CT molecular complexity index is 289. The summed E-state index contributed by atoms with van der Waals surface area (Å²) in [5, 5.41) is 0. The first kappa shape index (κ1) is 16.8. The molecule has 0 aromatic rings. The summed E-state index contributed by atoms with van der Waals surface area (Å²) in [6.07, 6.45) is 2.05. The molecule has 0 N–H and O–H groups in total. The number of nitrogens with zero attached hydrogens (tertiary/aromatic N) is 2. The third-order valence-electron chi connectivity index (χ3n) is 3.78. The molecule has 1 rings (SSSR count). The zero-order chi connectivity index (χ0) is 14.5. The van der Waals surface area contributed by atoms with Crippen LogP contribution < -0.4 is 0 Å². The quantitative estimate of drug-likeness (QED) is 0.742. The van der Waals surface area contributed by atoms with Crippen molar-refractivity contribution in [2.75, 3.05) is 51.9 Å². The molecule has 0 aliphatic carbocycles. The van der Waals surface area contributed by atoms with E-state index < -0.39 is 0 Å². The van der Waals surface area contributed by atoms with Gasteiger partial charge >= 0.3 is 0 Å². The van der Waals surface area contributed by atoms with Crippen molar-refractivity contribution >= 4 is 17.7 Å². The van der Waals surface area contributed by atoms with Crippen LogP contribution in [0.3, 0.4) is 0 Å². The van der Waals surface area contributed by atoms with Crippen LogP contribution >= 0.6 is 11.8 Å². The second-order valence-corrected chi connectivity index (χ2v) is 6.82. The van der Waals surface area contributed by atoms with E-state index >= 15 is 0 Å². The largest absolute Gasteiger partial charge is 0.383 e. The van der Waals surface area contributed by atoms with E-state index in [1.54, 1.807) is 18.9 Å². The van der Waals surface area contributed by atoms with E-state index in [0.717, 1.165) is 38.5 Å². The van der Waals surface area contributed by atoms with E-state index in [9.17, 15) is 4.79 Å². The number of thioether (sulfide) groups is 1. The van der Waals surface area contributed by atoms with Crippen molar-refractivity contribution in [2.45, 2.75) is 26.3 Å². The number of carbonyl (C=O) groups excluding carboxylic acids is 1. The minimum Gasteiger partial charge on any atom is -0.383 e. The molecule has 1 saturated heterocycles. The van der Waals surface area contributed by atoms with Gasteiger partial charge in [-0.3, -0.25) is 9.69 Å². The van der Waals surface area contributed by atoms with Gasteiger partial charge in [-0.25, -0.2) is 0 Å². The predicted octanol–water partition coefficient (Wildman–Crippen LogP) is 1.55. The highest BCUT2D eigenvalue weighted by atomic mass is 32.2. The van der Waals surface area contributed by atoms with Gasteiger partial charge in [0.2, 0.25) is 5.91 Å². The maximum Gasteiger partial charge on any atom is 0.226 e. The maximum absolute atomic E-state index is 12.2. The monoisotopic (exact) mass is 288 g/mol. The Balaban J connectivity index is 2.46. The SMILES string of the molecule is COCC(C)(C)N1CCN(C(=O)C(C)CSC)CC1. The lowest BCUT2D eigenvalue weighted by molar-refractivity contribution is -0.137. The molecule has 1 heterocycles. The van der Waals surface area contributed by atoms with Crippen molar-refractivity contribution in [3.63, 3.8) is 0 Å². The molecule has 1 aliphatic heterocycles. The van der Waals surface area contributed by atoms with Crippen LogP contribution in [0.2, 0.25) is 0 Å². The predicted molar refractivity (Wildman–Crippen MR) is 81.7 cm³/mol. The number of hydrogen-bond acceptors (Lipinski definition) is 4. The van der Waals surface area contributed by atoms with Crippen LogP contribution in [0.1, 0.15) is 20.8 Å². The van der Waals surface area contributed by atoms with E-state index in [4.69, 9.17) is 4.74 Å². The van der Waals surface area contributed by atoms with Gasteiger partial charge in [-0.15, -0.1) is 0 Å². The van der Waals surface area contributed by atoms with Gasteiger partial charge in [0.1, 0.15) is 0 Å². The Kier molecular flexibility index (Phi) is 6.63. The zero-order valence-electron chi connectivity index (χ0n) is 12.9. The fourth-order valence-corrected chi connectivity index (χ4v) is 3.25. The molecule has 0 bridgehead atoms. The van der Waals surface area contributed by atoms with Gasteiger partial charge in [0.05, 0.1) is 6.61 Å². The average Bonchev–Trinajstić information content (AvgIpc) is 2.38. The standard InChI is InChI=1S/C14H28N2O2S/c1-12(10-19-5)13(17)15-6-8-16(9-7-15)14(2,3)11-18-4/h12H,6-11H2,1-5H3. The van der Waals surface area contributed by atoms with Crippen molar-refractivity contribution in [2.24, 2.45) is 5.92 Å². The molecule has 1 atom stereocenters. The second-order valence-electron chi connectivity index (χ2n) is 5.91. The third kappa shape index (κ3) is 4.65. The highest BCUT2D eigenvalue weighted by Gasteiger charge is 2.32. The average molecular weight is 288 g/mol. The Labute approximate surface area is 121 Å². The maximum atomic E-state index is 12.2. The minimum atomic E-state index is 0.0504. The molecule has 1 unspecified atom stereocenters. The van der Waals surface area contributed by atoms with Crippen LogP contribution in [0.25, 0.3) is 0 Å². The highest BCUT2D eigenvalue weighted by Crippen LogP contribution is 2.18. The number of carbonyl (C=O) groups is 1. The zero-order valence-corrected chi connectivity index (χ0v) is 13.8. The first-order valence-corrected chi connectivity index (χ1v) is 8.33. The number of hydrogen-bond donors (Lipinski definition) is 0. The van der Waals surface area contributed by atoms with Gasteiger partial charge in [0.25, 0.3) is 0 Å². The summed E-state index contributed by atoms with van der Waals surface area (Å²) in [4.78, 5) is 16.7. The Morgan fingerprint density at radius 2 is 1.89 bits per heavy atom. The highest BCUT2D eigenvalue weighted by molar-refractivity contribution is 7.98. The van der Waals surface area contributed by atoms with Crippen molar-refractivity contribution < 1.29 is 9.53 Å². The summed E-state index contributed by atoms with van der Waals surface area (Å²) in [6, 6.07) is 0. The number of ether oxygens (including phenoxy) is 1. The molecule has 1 aliphatic rings. The number of piperazine rings is 1. The van der Waals surface area contributed by atoms with Gasteiger partial charge in [0.15, 0.2) is 0 Å². The Morgan fingerprint density at radius 1 is 1.32 bits per heavy atom. The van der Waals surface area contributed by atoms with Gasteiger partial charge in [-0.05, 0) is 20.1 Å². The molecule has 0 radical (unpaired) electrons. The van der Waals surface area contributed by atoms with Gasteiger partial charge in [-0.1, -0.05) is 6.92 Å². The van der Waals surface area contributed by atoms with Crippen LogP contribution in [0.4, 0.5) is 0 Å². The molecule has 1 amide bonds. The Morgan fingerprint density at radius 3 is 2.37 bits per heavy atom. The molecule has 0 spiro atoms. The fourth-order valence-electron chi connectivity index (χ4n) is 2.61. The third-order valence-corrected chi connectivity index (χ3v) is 4.62. The molecule has 112 valence electrons. The van der Waals surface area contributed by atoms with E-state index in [1.807, 2.05) is 11.8 Å². The van der Waals surface area contributed by atoms with E-state index in [-0.39, 0.29) is 11.5 Å². The number of rotatable bonds is 6. The van der Waals surface area contributed by atoms with Crippen LogP contribution in [0.15, 0.2) is 0 Å². The first-order chi connectivity index (χ1) is 8.92. The lowest BCUT2D eigenvalue weighted by Gasteiger charge is -2.44. The van der Waals surface area contributed by atoms with E-state index in [1.165, 1.54) is 0 Å². The summed E-state index contributed by atoms with van der Waals surface area (Å²) in [6.45, 7) is 10.7. The van der Waals surface area contributed by atoms with Crippen molar-refractivity contribution in [3.8, 4) is 0 Å². The lowest BCUT2D eigenvalue weighted by Crippen LogP contribution is -2.57. The van der Waals surface area contributed by atoms with Crippen LogP contribution in [-0.4, -0.2) is 73.2 Å². The van der Waals surface area contributed by atoms with Gasteiger partial charge < -0.3 is 9.64 Å². The van der Waals surface area contributed by atoms with Crippen molar-refractivity contribution in [1.29, 1.82) is 0 Å². The fraction of sp³-hybridized carbons (Fsp3) is 0.929. The molecule has 0 aromatic heterocycles. The summed E-state index contributed by atoms with van der Waals surface area (Å²) in [5.74, 6) is 1.35. The van der Waals surface area contributed by atoms with E-state index in [0.29, 0.717) is 5.91 Å². The minimum absolute atomic E-state index is 0.0504. The molecule has 4 nitrogen and oxygen atoms in total. The van der Waals surface area contributed by atoms with Crippen molar-refractivity contribution in [1.82, 2.24) is 9.80 Å². The number of methoxy groups -OCH3 is 1. The molecule has 5 heteroatoms. The van der Waals surface area contributed by atoms with Crippen molar-refractivity contribution in [3.05, 3.63) is 0 Å². The van der Waals surface area contributed by atoms with E-state index in [2.05, 4.69) is 25.0 Å². The van der Waals surface area contributed by atoms with Crippen LogP contribution in [-0.2, 0) is 9.53 Å². The second kappa shape index (κ2) is 7.50. The normalized spacial score (nSPS) is 19.5. The molecule has 1 fully saturated rings. The topological polar surface area (TPSA) is 32.8 Å². The summed E-state index contributed by atoms with van der Waals surface area (Å²) >= 11 is 1.74. The molecular formula is C14H28N2O2S. The molecule has 0 aromatic carbocycles. The van der Waals surface area contributed by atoms with Gasteiger partial charge in [0, 0.05) is 50.5 Å². The number of amides is 1. The smallest absolute Gasteiger partial charge is 0.226 e. The molecular weight excluding hydrogens is 260 g/mol. The van der Waals surface area contributed by atoms with Crippen LogP contribution in [0.5, 0.6) is 0 Å². The molecule has 19 heavy (non-hydrogen) atoms. The molecule has 0 saturated carbocycles. The summed E-state index contributed by atoms with van der Waals surface area (Å²) in [5.41, 5.74) is 0.0504. The Hall–Kier alpha value is -0.260. The lowest BCUT2D eigenvalue weighted by atomic mass is 10.0. The summed E-state index contributed by atoms with van der Waals surface area (Å²) in [7, 11) is 1.74. The summed E-state index contributed by atoms with van der Waals surface area (Å²) < 4.78 is 5.28. The first-order valence-electron chi connectivity index (χ1n) is 6.94. The van der Waals surface area contributed by atoms with Gasteiger partial charge in [-0.2, -0.15) is 11.8 Å². The van der Waals surface area contributed by atoms with Crippen LogP contribution in [0, 0.1) is 5.92 Å².